The van der Waals surface area contributed by atoms with Gasteiger partial charge >= 0.3 is 5.97 Å². The molecule has 2 heteroatoms. The molecule has 0 heterocycles. The van der Waals surface area contributed by atoms with E-state index in [1.54, 1.807) is 0 Å². The van der Waals surface area contributed by atoms with Crippen molar-refractivity contribution in [2.24, 2.45) is 0 Å². The van der Waals surface area contributed by atoms with E-state index >= 15 is 0 Å². The summed E-state index contributed by atoms with van der Waals surface area (Å²) in [4.78, 5) is 10.1. The molecule has 0 aromatic rings. The number of carbonyl (C=O) groups is 1. The predicted molar refractivity (Wildman–Crippen MR) is 43.3 cm³/mol. The van der Waals surface area contributed by atoms with Crippen LogP contribution in [0.15, 0.2) is 23.8 Å². The molecule has 1 aliphatic carbocycles. The zero-order chi connectivity index (χ0) is 8.10. The number of rotatable bonds is 4. The van der Waals surface area contributed by atoms with Crippen LogP contribution in [0.2, 0.25) is 0 Å². The molecule has 1 aliphatic rings. The van der Waals surface area contributed by atoms with Crippen LogP contribution in [0.5, 0.6) is 0 Å². The van der Waals surface area contributed by atoms with Gasteiger partial charge in [0.05, 0.1) is 0 Å². The summed E-state index contributed by atoms with van der Waals surface area (Å²) < 4.78 is 0. The van der Waals surface area contributed by atoms with Gasteiger partial charge in [0.2, 0.25) is 0 Å². The first kappa shape index (κ1) is 8.05. The van der Waals surface area contributed by atoms with E-state index in [1.165, 1.54) is 5.57 Å². The molecule has 1 rings (SSSR count). The summed E-state index contributed by atoms with van der Waals surface area (Å²) in [6.07, 6.45) is 9.19. The highest BCUT2D eigenvalue weighted by atomic mass is 16.4. The molecule has 0 saturated carbocycles. The predicted octanol–water partition coefficient (Wildman–Crippen LogP) is 2.13. The van der Waals surface area contributed by atoms with E-state index < -0.39 is 5.97 Å². The second-order valence-corrected chi connectivity index (χ2v) is 2.70. The van der Waals surface area contributed by atoms with E-state index in [0.717, 1.165) is 19.3 Å². The van der Waals surface area contributed by atoms with Crippen molar-refractivity contribution in [2.45, 2.75) is 25.7 Å². The largest absolute Gasteiger partial charge is 0.481 e. The Labute approximate surface area is 66.2 Å². The summed E-state index contributed by atoms with van der Waals surface area (Å²) in [5.74, 6) is -0.698. The fourth-order valence-electron chi connectivity index (χ4n) is 1.14. The molecule has 0 bridgehead atoms. The van der Waals surface area contributed by atoms with Gasteiger partial charge in [0.1, 0.15) is 0 Å². The lowest BCUT2D eigenvalue weighted by atomic mass is 10.1. The van der Waals surface area contributed by atoms with Crippen LogP contribution in [-0.4, -0.2) is 11.1 Å². The SMILES string of the molecule is O=C(O)CCCC1=CC=CC1. The maximum absolute atomic E-state index is 10.1. The molecule has 0 aromatic heterocycles. The van der Waals surface area contributed by atoms with E-state index in [2.05, 4.69) is 12.2 Å². The molecule has 0 radical (unpaired) electrons. The summed E-state index contributed by atoms with van der Waals surface area (Å²) >= 11 is 0. The first-order chi connectivity index (χ1) is 5.29. The Hall–Kier alpha value is -1.05. The van der Waals surface area contributed by atoms with Crippen LogP contribution < -0.4 is 0 Å². The van der Waals surface area contributed by atoms with Gasteiger partial charge in [0, 0.05) is 6.42 Å². The van der Waals surface area contributed by atoms with Gasteiger partial charge in [-0.1, -0.05) is 23.8 Å². The van der Waals surface area contributed by atoms with Crippen molar-refractivity contribution >= 4 is 5.97 Å². The zero-order valence-electron chi connectivity index (χ0n) is 6.42. The molecule has 0 saturated heterocycles. The number of carboxylic acids is 1. The Morgan fingerprint density at radius 1 is 1.64 bits per heavy atom. The lowest BCUT2D eigenvalue weighted by Gasteiger charge is -1.97. The monoisotopic (exact) mass is 152 g/mol. The molecule has 0 unspecified atom stereocenters. The van der Waals surface area contributed by atoms with Crippen molar-refractivity contribution in [1.82, 2.24) is 0 Å². The minimum Gasteiger partial charge on any atom is -0.481 e. The molecule has 0 spiro atoms. The molecular formula is C9H12O2. The lowest BCUT2D eigenvalue weighted by molar-refractivity contribution is -0.137. The van der Waals surface area contributed by atoms with Gasteiger partial charge in [-0.2, -0.15) is 0 Å². The molecule has 0 fully saturated rings. The Morgan fingerprint density at radius 2 is 2.45 bits per heavy atom. The number of hydrogen-bond donors (Lipinski definition) is 1. The highest BCUT2D eigenvalue weighted by molar-refractivity contribution is 5.66. The Morgan fingerprint density at radius 3 is 3.00 bits per heavy atom. The Kier molecular flexibility index (Phi) is 2.90. The second kappa shape index (κ2) is 3.96. The van der Waals surface area contributed by atoms with Gasteiger partial charge < -0.3 is 5.11 Å². The molecule has 0 aliphatic heterocycles. The van der Waals surface area contributed by atoms with Crippen molar-refractivity contribution in [1.29, 1.82) is 0 Å². The van der Waals surface area contributed by atoms with E-state index in [1.807, 2.05) is 6.08 Å². The van der Waals surface area contributed by atoms with Gasteiger partial charge in [-0.25, -0.2) is 0 Å². The lowest BCUT2D eigenvalue weighted by Crippen LogP contribution is -1.93. The van der Waals surface area contributed by atoms with Crippen molar-refractivity contribution < 1.29 is 9.90 Å². The van der Waals surface area contributed by atoms with Crippen molar-refractivity contribution in [3.63, 3.8) is 0 Å². The molecule has 1 N–H and O–H groups in total. The van der Waals surface area contributed by atoms with Gasteiger partial charge in [-0.05, 0) is 19.3 Å². The number of allylic oxidation sites excluding steroid dienone is 4. The van der Waals surface area contributed by atoms with Crippen LogP contribution in [0.4, 0.5) is 0 Å². The molecule has 0 amide bonds. The third kappa shape index (κ3) is 3.03. The first-order valence-electron chi connectivity index (χ1n) is 3.85. The summed E-state index contributed by atoms with van der Waals surface area (Å²) in [5, 5.41) is 8.35. The van der Waals surface area contributed by atoms with E-state index in [4.69, 9.17) is 5.11 Å². The van der Waals surface area contributed by atoms with Crippen LogP contribution in [-0.2, 0) is 4.79 Å². The quantitative estimate of drug-likeness (QED) is 0.670. The first-order valence-corrected chi connectivity index (χ1v) is 3.85. The highest BCUT2D eigenvalue weighted by Gasteiger charge is 2.01. The normalized spacial score (nSPS) is 15.1. The average Bonchev–Trinajstić information content (AvgIpc) is 2.39. The van der Waals surface area contributed by atoms with Gasteiger partial charge in [0.25, 0.3) is 0 Å². The van der Waals surface area contributed by atoms with Crippen molar-refractivity contribution in [2.75, 3.05) is 0 Å². The standard InChI is InChI=1S/C9H12O2/c10-9(11)7-3-6-8-4-1-2-5-8/h1-2,4H,3,5-7H2,(H,10,11). The van der Waals surface area contributed by atoms with Crippen LogP contribution >= 0.6 is 0 Å². The maximum atomic E-state index is 10.1. The number of aliphatic carboxylic acids is 1. The van der Waals surface area contributed by atoms with Crippen molar-refractivity contribution in [3.8, 4) is 0 Å². The van der Waals surface area contributed by atoms with E-state index in [9.17, 15) is 4.79 Å². The third-order valence-electron chi connectivity index (χ3n) is 1.74. The Bertz CT molecular complexity index is 202. The average molecular weight is 152 g/mol. The van der Waals surface area contributed by atoms with E-state index in [0.29, 0.717) is 0 Å². The molecule has 0 aromatic carbocycles. The van der Waals surface area contributed by atoms with Crippen LogP contribution in [0.25, 0.3) is 0 Å². The van der Waals surface area contributed by atoms with E-state index in [-0.39, 0.29) is 6.42 Å². The Balaban J connectivity index is 2.09. The zero-order valence-corrected chi connectivity index (χ0v) is 6.42. The third-order valence-corrected chi connectivity index (χ3v) is 1.74. The molecule has 2 nitrogen and oxygen atoms in total. The van der Waals surface area contributed by atoms with Crippen LogP contribution in [0, 0.1) is 0 Å². The number of hydrogen-bond acceptors (Lipinski definition) is 1. The summed E-state index contributed by atoms with van der Waals surface area (Å²) in [5.41, 5.74) is 1.35. The van der Waals surface area contributed by atoms with Gasteiger partial charge in [-0.3, -0.25) is 4.79 Å². The molecular weight excluding hydrogens is 140 g/mol. The minimum atomic E-state index is -0.698. The van der Waals surface area contributed by atoms with Crippen LogP contribution in [0.1, 0.15) is 25.7 Å². The maximum Gasteiger partial charge on any atom is 0.303 e. The fourth-order valence-corrected chi connectivity index (χ4v) is 1.14. The minimum absolute atomic E-state index is 0.289. The van der Waals surface area contributed by atoms with Gasteiger partial charge in [0.15, 0.2) is 0 Å². The molecule has 11 heavy (non-hydrogen) atoms. The summed E-state index contributed by atoms with van der Waals surface area (Å²) in [7, 11) is 0. The second-order valence-electron chi connectivity index (χ2n) is 2.70. The number of carboxylic acid groups (broad SMARTS) is 1. The highest BCUT2D eigenvalue weighted by Crippen LogP contribution is 2.16. The topological polar surface area (TPSA) is 37.3 Å². The van der Waals surface area contributed by atoms with Crippen molar-refractivity contribution in [3.05, 3.63) is 23.8 Å². The summed E-state index contributed by atoms with van der Waals surface area (Å²) in [6, 6.07) is 0. The fraction of sp³-hybridized carbons (Fsp3) is 0.444. The summed E-state index contributed by atoms with van der Waals surface area (Å²) in [6.45, 7) is 0. The van der Waals surface area contributed by atoms with Crippen LogP contribution in [0.3, 0.4) is 0 Å². The smallest absolute Gasteiger partial charge is 0.303 e. The molecule has 60 valence electrons. The van der Waals surface area contributed by atoms with Gasteiger partial charge in [-0.15, -0.1) is 0 Å². The molecule has 0 atom stereocenters.